The zero-order valence-electron chi connectivity index (χ0n) is 14.8. The maximum atomic E-state index is 12.4. The summed E-state index contributed by atoms with van der Waals surface area (Å²) in [5, 5.41) is 13.0. The first-order valence-corrected chi connectivity index (χ1v) is 9.59. The number of amides is 3. The predicted molar refractivity (Wildman–Crippen MR) is 110 cm³/mol. The van der Waals surface area contributed by atoms with E-state index in [9.17, 15) is 24.5 Å². The van der Waals surface area contributed by atoms with Gasteiger partial charge in [-0.1, -0.05) is 41.9 Å². The summed E-state index contributed by atoms with van der Waals surface area (Å²) >= 11 is 6.76. The molecule has 1 aliphatic heterocycles. The number of hydrogen-bond donors (Lipinski definition) is 1. The van der Waals surface area contributed by atoms with Gasteiger partial charge in [-0.2, -0.15) is 0 Å². The van der Waals surface area contributed by atoms with Crippen LogP contribution in [0.2, 0.25) is 5.02 Å². The van der Waals surface area contributed by atoms with E-state index in [4.69, 9.17) is 11.6 Å². The summed E-state index contributed by atoms with van der Waals surface area (Å²) in [5.74, 6) is -1.07. The van der Waals surface area contributed by atoms with Crippen molar-refractivity contribution in [1.82, 2.24) is 10.2 Å². The molecule has 3 amide bonds. The topological polar surface area (TPSA) is 110 Å². The fourth-order valence-corrected chi connectivity index (χ4v) is 3.64. The molecule has 1 saturated heterocycles. The molecule has 3 rings (SSSR count). The van der Waals surface area contributed by atoms with Crippen LogP contribution in [0.25, 0.3) is 6.08 Å². The number of nitro groups is 1. The van der Waals surface area contributed by atoms with Crippen molar-refractivity contribution in [2.45, 2.75) is 0 Å². The van der Waals surface area contributed by atoms with Crippen molar-refractivity contribution in [2.24, 2.45) is 0 Å². The Morgan fingerprint density at radius 1 is 1.21 bits per heavy atom. The van der Waals surface area contributed by atoms with Gasteiger partial charge in [0.15, 0.2) is 0 Å². The third-order valence-electron chi connectivity index (χ3n) is 4.00. The number of non-ortho nitro benzene ring substituents is 1. The number of carbonyl (C=O) groups is 3. The Morgan fingerprint density at radius 2 is 1.93 bits per heavy atom. The molecule has 0 unspecified atom stereocenters. The Balaban J connectivity index is 1.62. The molecule has 10 heteroatoms. The molecule has 8 nitrogen and oxygen atoms in total. The maximum absolute atomic E-state index is 12.4. The van der Waals surface area contributed by atoms with Crippen LogP contribution >= 0.6 is 23.4 Å². The van der Waals surface area contributed by atoms with Crippen molar-refractivity contribution in [1.29, 1.82) is 0 Å². The van der Waals surface area contributed by atoms with Crippen LogP contribution < -0.4 is 5.32 Å². The number of carbonyl (C=O) groups excluding carboxylic acids is 3. The molecule has 148 valence electrons. The molecule has 2 aromatic rings. The normalized spacial score (nSPS) is 15.1. The van der Waals surface area contributed by atoms with E-state index in [1.54, 1.807) is 6.08 Å². The fraction of sp³-hybridized carbons (Fsp3) is 0.105. The number of imide groups is 1. The van der Waals surface area contributed by atoms with E-state index in [2.05, 4.69) is 5.32 Å². The van der Waals surface area contributed by atoms with Crippen LogP contribution in [0.5, 0.6) is 0 Å². The van der Waals surface area contributed by atoms with Crippen molar-refractivity contribution in [2.75, 3.05) is 13.1 Å². The molecular weight excluding hydrogens is 418 g/mol. The minimum Gasteiger partial charge on any atom is -0.350 e. The van der Waals surface area contributed by atoms with Gasteiger partial charge in [0.1, 0.15) is 0 Å². The minimum absolute atomic E-state index is 0.0193. The predicted octanol–water partition coefficient (Wildman–Crippen LogP) is 3.71. The number of halogens is 1. The highest BCUT2D eigenvalue weighted by molar-refractivity contribution is 8.18. The molecule has 1 aliphatic rings. The highest BCUT2D eigenvalue weighted by atomic mass is 35.5. The van der Waals surface area contributed by atoms with E-state index in [1.165, 1.54) is 12.1 Å². The number of nitro benzene ring substituents is 1. The van der Waals surface area contributed by atoms with Gasteiger partial charge in [0, 0.05) is 25.2 Å². The average molecular weight is 432 g/mol. The quantitative estimate of drug-likeness (QED) is 0.424. The summed E-state index contributed by atoms with van der Waals surface area (Å²) in [6.07, 6.45) is 1.63. The number of nitrogens with zero attached hydrogens (tertiary/aromatic N) is 2. The Morgan fingerprint density at radius 3 is 2.62 bits per heavy atom. The number of nitrogens with one attached hydrogen (secondary N) is 1. The number of thioether (sulfide) groups is 1. The Kier molecular flexibility index (Phi) is 6.30. The SMILES string of the molecule is O=C(NCCN1C(=O)S/C(=C\c2ccccc2)C1=O)c1cc([N+](=O)[O-])ccc1Cl. The van der Waals surface area contributed by atoms with Crippen molar-refractivity contribution in [3.05, 3.63) is 79.7 Å². The molecular formula is C19H14ClN3O5S. The van der Waals surface area contributed by atoms with Gasteiger partial charge in [0.2, 0.25) is 0 Å². The van der Waals surface area contributed by atoms with Gasteiger partial charge in [-0.25, -0.2) is 0 Å². The molecule has 0 saturated carbocycles. The molecule has 0 atom stereocenters. The van der Waals surface area contributed by atoms with Crippen molar-refractivity contribution < 1.29 is 19.3 Å². The van der Waals surface area contributed by atoms with Crippen LogP contribution in [-0.2, 0) is 4.79 Å². The highest BCUT2D eigenvalue weighted by Crippen LogP contribution is 2.31. The standard InChI is InChI=1S/C19H14ClN3O5S/c20-15-7-6-13(23(27)28)11-14(15)17(24)21-8-9-22-18(25)16(29-19(22)26)10-12-4-2-1-3-5-12/h1-7,10-11H,8-9H2,(H,21,24)/b16-10-. The lowest BCUT2D eigenvalue weighted by Gasteiger charge is -2.13. The first kappa shape index (κ1) is 20.6. The van der Waals surface area contributed by atoms with Gasteiger partial charge in [0.05, 0.1) is 20.4 Å². The summed E-state index contributed by atoms with van der Waals surface area (Å²) in [5.41, 5.74) is 0.474. The van der Waals surface area contributed by atoms with Gasteiger partial charge in [-0.3, -0.25) is 29.4 Å². The molecule has 0 spiro atoms. The zero-order chi connectivity index (χ0) is 21.0. The van der Waals surface area contributed by atoms with Crippen LogP contribution in [0.1, 0.15) is 15.9 Å². The van der Waals surface area contributed by atoms with Crippen LogP contribution in [0.4, 0.5) is 10.5 Å². The summed E-state index contributed by atoms with van der Waals surface area (Å²) in [4.78, 5) is 48.4. The first-order chi connectivity index (χ1) is 13.9. The lowest BCUT2D eigenvalue weighted by molar-refractivity contribution is -0.384. The van der Waals surface area contributed by atoms with E-state index < -0.39 is 22.0 Å². The molecule has 1 heterocycles. The Hall–Kier alpha value is -3.17. The highest BCUT2D eigenvalue weighted by Gasteiger charge is 2.34. The Labute approximate surface area is 174 Å². The molecule has 0 aromatic heterocycles. The second-order valence-corrected chi connectivity index (χ2v) is 7.32. The number of rotatable bonds is 6. The Bertz CT molecular complexity index is 1030. The molecule has 0 aliphatic carbocycles. The summed E-state index contributed by atoms with van der Waals surface area (Å²) in [6, 6.07) is 12.7. The molecule has 1 N–H and O–H groups in total. The molecule has 1 fully saturated rings. The van der Waals surface area contributed by atoms with E-state index in [0.717, 1.165) is 28.3 Å². The van der Waals surface area contributed by atoms with Crippen molar-refractivity contribution in [3.63, 3.8) is 0 Å². The zero-order valence-corrected chi connectivity index (χ0v) is 16.4. The van der Waals surface area contributed by atoms with Crippen LogP contribution in [0, 0.1) is 10.1 Å². The number of benzene rings is 2. The lowest BCUT2D eigenvalue weighted by atomic mass is 10.2. The van der Waals surface area contributed by atoms with Gasteiger partial charge in [-0.15, -0.1) is 0 Å². The average Bonchev–Trinajstić information content (AvgIpc) is 2.96. The largest absolute Gasteiger partial charge is 0.350 e. The van der Waals surface area contributed by atoms with Gasteiger partial charge >= 0.3 is 0 Å². The smallest absolute Gasteiger partial charge is 0.293 e. The molecule has 0 radical (unpaired) electrons. The van der Waals surface area contributed by atoms with Crippen LogP contribution in [0.15, 0.2) is 53.4 Å². The maximum Gasteiger partial charge on any atom is 0.293 e. The monoisotopic (exact) mass is 431 g/mol. The van der Waals surface area contributed by atoms with Crippen molar-refractivity contribution in [3.8, 4) is 0 Å². The van der Waals surface area contributed by atoms with Gasteiger partial charge in [0.25, 0.3) is 22.7 Å². The third-order valence-corrected chi connectivity index (χ3v) is 5.23. The van der Waals surface area contributed by atoms with E-state index in [-0.39, 0.29) is 29.4 Å². The second-order valence-electron chi connectivity index (χ2n) is 5.92. The molecule has 29 heavy (non-hydrogen) atoms. The first-order valence-electron chi connectivity index (χ1n) is 8.39. The second kappa shape index (κ2) is 8.89. The van der Waals surface area contributed by atoms with Crippen molar-refractivity contribution >= 4 is 52.2 Å². The van der Waals surface area contributed by atoms with Crippen LogP contribution in [-0.4, -0.2) is 40.0 Å². The fourth-order valence-electron chi connectivity index (χ4n) is 2.57. The molecule has 0 bridgehead atoms. The van der Waals surface area contributed by atoms with E-state index in [1.807, 2.05) is 30.3 Å². The van der Waals surface area contributed by atoms with Crippen LogP contribution in [0.3, 0.4) is 0 Å². The summed E-state index contributed by atoms with van der Waals surface area (Å²) in [7, 11) is 0. The number of hydrogen-bond acceptors (Lipinski definition) is 6. The minimum atomic E-state index is -0.634. The third kappa shape index (κ3) is 4.82. The van der Waals surface area contributed by atoms with Gasteiger partial charge < -0.3 is 5.32 Å². The molecule has 2 aromatic carbocycles. The lowest BCUT2D eigenvalue weighted by Crippen LogP contribution is -2.37. The summed E-state index contributed by atoms with van der Waals surface area (Å²) < 4.78 is 0. The summed E-state index contributed by atoms with van der Waals surface area (Å²) in [6.45, 7) is -0.0520. The van der Waals surface area contributed by atoms with E-state index >= 15 is 0 Å². The van der Waals surface area contributed by atoms with Gasteiger partial charge in [-0.05, 0) is 29.5 Å². The van der Waals surface area contributed by atoms with E-state index in [0.29, 0.717) is 4.91 Å².